The number of amides is 1. The van der Waals surface area contributed by atoms with Gasteiger partial charge in [0.2, 0.25) is 11.8 Å². The Morgan fingerprint density at radius 1 is 1.53 bits per heavy atom. The third-order valence-corrected chi connectivity index (χ3v) is 2.48. The second-order valence-electron chi connectivity index (χ2n) is 3.88. The van der Waals surface area contributed by atoms with E-state index >= 15 is 0 Å². The highest BCUT2D eigenvalue weighted by Crippen LogP contribution is 2.44. The predicted octanol–water partition coefficient (Wildman–Crippen LogP) is 0.0171. The largest absolute Gasteiger partial charge is 0.382 e. The van der Waals surface area contributed by atoms with Crippen molar-refractivity contribution in [2.24, 2.45) is 17.4 Å². The third kappa shape index (κ3) is 3.89. The first-order chi connectivity index (χ1) is 6.32. The van der Waals surface area contributed by atoms with Gasteiger partial charge in [0, 0.05) is 18.9 Å². The average molecular weight is 245 g/mol. The van der Waals surface area contributed by atoms with Crippen LogP contribution >= 0.6 is 12.4 Å². The van der Waals surface area contributed by atoms with Gasteiger partial charge in [-0.1, -0.05) is 0 Å². The standard InChI is InChI=1S/C8H14F2N2O2.ClH/c9-8(10)2-4(3-8)1-5(11)6(13)7(12)14;/h4-6,13H,1-3,11H2,(H2,12,14);1H. The van der Waals surface area contributed by atoms with E-state index in [9.17, 15) is 13.6 Å². The van der Waals surface area contributed by atoms with Crippen LogP contribution in [0.15, 0.2) is 0 Å². The molecule has 0 aliphatic heterocycles. The number of alkyl halides is 2. The first kappa shape index (κ1) is 14.5. The number of carbonyl (C=O) groups excluding carboxylic acids is 1. The number of nitrogens with two attached hydrogens (primary N) is 2. The Balaban J connectivity index is 0.00000196. The molecular weight excluding hydrogens is 230 g/mol. The van der Waals surface area contributed by atoms with Gasteiger partial charge in [0.05, 0.1) is 0 Å². The van der Waals surface area contributed by atoms with Crippen LogP contribution in [0.5, 0.6) is 0 Å². The van der Waals surface area contributed by atoms with Gasteiger partial charge in [-0.25, -0.2) is 8.78 Å². The Morgan fingerprint density at radius 3 is 2.33 bits per heavy atom. The first-order valence-electron chi connectivity index (χ1n) is 4.42. The van der Waals surface area contributed by atoms with Crippen molar-refractivity contribution in [2.45, 2.75) is 37.3 Å². The van der Waals surface area contributed by atoms with Crippen LogP contribution < -0.4 is 11.5 Å². The minimum Gasteiger partial charge on any atom is -0.382 e. The maximum Gasteiger partial charge on any atom is 0.248 e. The van der Waals surface area contributed by atoms with Crippen molar-refractivity contribution in [1.29, 1.82) is 0 Å². The van der Waals surface area contributed by atoms with Gasteiger partial charge in [-0.15, -0.1) is 12.4 Å². The van der Waals surface area contributed by atoms with Crippen LogP contribution in [-0.4, -0.2) is 29.1 Å². The van der Waals surface area contributed by atoms with Gasteiger partial charge >= 0.3 is 0 Å². The summed E-state index contributed by atoms with van der Waals surface area (Å²) >= 11 is 0. The smallest absolute Gasteiger partial charge is 0.248 e. The fourth-order valence-corrected chi connectivity index (χ4v) is 1.68. The summed E-state index contributed by atoms with van der Waals surface area (Å²) < 4.78 is 24.8. The molecule has 7 heteroatoms. The van der Waals surface area contributed by atoms with Gasteiger partial charge in [-0.05, 0) is 12.3 Å². The summed E-state index contributed by atoms with van der Waals surface area (Å²) in [6.45, 7) is 0. The van der Waals surface area contributed by atoms with Crippen LogP contribution in [0, 0.1) is 5.92 Å². The molecule has 15 heavy (non-hydrogen) atoms. The predicted molar refractivity (Wildman–Crippen MR) is 52.7 cm³/mol. The fourth-order valence-electron chi connectivity index (χ4n) is 1.68. The molecule has 0 saturated heterocycles. The summed E-state index contributed by atoms with van der Waals surface area (Å²) in [6, 6.07) is -0.839. The highest BCUT2D eigenvalue weighted by Gasteiger charge is 2.46. The molecule has 2 atom stereocenters. The maximum absolute atomic E-state index is 12.4. The molecule has 1 aliphatic rings. The summed E-state index contributed by atoms with van der Waals surface area (Å²) in [7, 11) is 0. The van der Waals surface area contributed by atoms with Crippen LogP contribution in [0.3, 0.4) is 0 Å². The Hall–Kier alpha value is -0.460. The van der Waals surface area contributed by atoms with Gasteiger partial charge in [-0.3, -0.25) is 4.79 Å². The molecule has 2 unspecified atom stereocenters. The molecular formula is C8H15ClF2N2O2. The van der Waals surface area contributed by atoms with Crippen molar-refractivity contribution in [3.05, 3.63) is 0 Å². The Morgan fingerprint density at radius 2 is 2.00 bits per heavy atom. The van der Waals surface area contributed by atoms with Crippen molar-refractivity contribution in [1.82, 2.24) is 0 Å². The average Bonchev–Trinajstić information content (AvgIpc) is 1.99. The van der Waals surface area contributed by atoms with Crippen molar-refractivity contribution in [3.63, 3.8) is 0 Å². The summed E-state index contributed by atoms with van der Waals surface area (Å²) in [5.74, 6) is -3.72. The number of hydrogen-bond donors (Lipinski definition) is 3. The molecule has 4 nitrogen and oxygen atoms in total. The van der Waals surface area contributed by atoms with E-state index in [0.717, 1.165) is 0 Å². The molecule has 5 N–H and O–H groups in total. The molecule has 1 fully saturated rings. The Labute approximate surface area is 92.4 Å². The Bertz CT molecular complexity index is 233. The minimum atomic E-state index is -2.60. The number of aliphatic hydroxyl groups is 1. The van der Waals surface area contributed by atoms with Gasteiger partial charge < -0.3 is 16.6 Å². The lowest BCUT2D eigenvalue weighted by Crippen LogP contribution is -2.47. The zero-order valence-electron chi connectivity index (χ0n) is 8.03. The Kier molecular flexibility index (Phi) is 4.89. The van der Waals surface area contributed by atoms with E-state index in [1.807, 2.05) is 0 Å². The lowest BCUT2D eigenvalue weighted by Gasteiger charge is -2.36. The van der Waals surface area contributed by atoms with Crippen LogP contribution in [-0.2, 0) is 4.79 Å². The molecule has 1 rings (SSSR count). The van der Waals surface area contributed by atoms with E-state index in [1.54, 1.807) is 0 Å². The number of aliphatic hydroxyl groups excluding tert-OH is 1. The number of hydrogen-bond acceptors (Lipinski definition) is 3. The number of primary amides is 1. The van der Waals surface area contributed by atoms with Crippen LogP contribution in [0.25, 0.3) is 0 Å². The molecule has 1 saturated carbocycles. The molecule has 0 aromatic heterocycles. The minimum absolute atomic E-state index is 0. The molecule has 0 aromatic carbocycles. The second-order valence-corrected chi connectivity index (χ2v) is 3.88. The second kappa shape index (κ2) is 5.05. The van der Waals surface area contributed by atoms with E-state index in [-0.39, 0.29) is 37.6 Å². The summed E-state index contributed by atoms with van der Waals surface area (Å²) in [4.78, 5) is 10.5. The molecule has 0 spiro atoms. The molecule has 1 aliphatic carbocycles. The molecule has 0 aromatic rings. The van der Waals surface area contributed by atoms with Gasteiger partial charge in [0.1, 0.15) is 6.10 Å². The molecule has 0 radical (unpaired) electrons. The maximum atomic E-state index is 12.4. The number of carbonyl (C=O) groups is 1. The number of halogens is 3. The normalized spacial score (nSPS) is 23.5. The van der Waals surface area contributed by atoms with E-state index in [4.69, 9.17) is 16.6 Å². The lowest BCUT2D eigenvalue weighted by molar-refractivity contribution is -0.129. The van der Waals surface area contributed by atoms with Gasteiger partial charge in [0.25, 0.3) is 0 Å². The molecule has 1 amide bonds. The van der Waals surface area contributed by atoms with E-state index in [2.05, 4.69) is 0 Å². The van der Waals surface area contributed by atoms with Crippen molar-refractivity contribution >= 4 is 18.3 Å². The summed E-state index contributed by atoms with van der Waals surface area (Å²) in [5.41, 5.74) is 10.2. The van der Waals surface area contributed by atoms with Crippen molar-refractivity contribution < 1.29 is 18.7 Å². The highest BCUT2D eigenvalue weighted by molar-refractivity contribution is 5.85. The lowest BCUT2D eigenvalue weighted by atomic mass is 9.77. The topological polar surface area (TPSA) is 89.3 Å². The number of rotatable bonds is 4. The van der Waals surface area contributed by atoms with E-state index in [0.29, 0.717) is 0 Å². The fraction of sp³-hybridized carbons (Fsp3) is 0.875. The first-order valence-corrected chi connectivity index (χ1v) is 4.42. The van der Waals surface area contributed by atoms with Crippen LogP contribution in [0.2, 0.25) is 0 Å². The highest BCUT2D eigenvalue weighted by atomic mass is 35.5. The molecule has 0 heterocycles. The molecule has 90 valence electrons. The zero-order valence-corrected chi connectivity index (χ0v) is 8.84. The summed E-state index contributed by atoms with van der Waals surface area (Å²) in [5, 5.41) is 9.11. The van der Waals surface area contributed by atoms with E-state index in [1.165, 1.54) is 0 Å². The monoisotopic (exact) mass is 244 g/mol. The van der Waals surface area contributed by atoms with Gasteiger partial charge in [-0.2, -0.15) is 0 Å². The van der Waals surface area contributed by atoms with Gasteiger partial charge in [0.15, 0.2) is 0 Å². The van der Waals surface area contributed by atoms with Crippen LogP contribution in [0.4, 0.5) is 8.78 Å². The van der Waals surface area contributed by atoms with Crippen molar-refractivity contribution in [3.8, 4) is 0 Å². The van der Waals surface area contributed by atoms with Crippen molar-refractivity contribution in [2.75, 3.05) is 0 Å². The third-order valence-electron chi connectivity index (χ3n) is 2.48. The van der Waals surface area contributed by atoms with Crippen LogP contribution in [0.1, 0.15) is 19.3 Å². The quantitative estimate of drug-likeness (QED) is 0.651. The molecule has 0 bridgehead atoms. The SMILES string of the molecule is Cl.NC(=O)C(O)C(N)CC1CC(F)(F)C1. The van der Waals surface area contributed by atoms with E-state index < -0.39 is 24.0 Å². The summed E-state index contributed by atoms with van der Waals surface area (Å²) in [6.07, 6.45) is -1.66. The zero-order chi connectivity index (χ0) is 10.9.